The van der Waals surface area contributed by atoms with Crippen molar-refractivity contribution in [1.29, 1.82) is 0 Å². The largest absolute Gasteiger partial charge is 0.468 e. The molecule has 90 valence electrons. The van der Waals surface area contributed by atoms with Gasteiger partial charge >= 0.3 is 0 Å². The van der Waals surface area contributed by atoms with Gasteiger partial charge in [0.25, 0.3) is 0 Å². The van der Waals surface area contributed by atoms with Crippen LogP contribution in [0.5, 0.6) is 0 Å². The lowest BCUT2D eigenvalue weighted by Crippen LogP contribution is -2.23. The first-order valence-electron chi connectivity index (χ1n) is 4.81. The number of furan rings is 1. The normalized spacial score (nSPS) is 11.5. The van der Waals surface area contributed by atoms with Gasteiger partial charge in [0, 0.05) is 6.20 Å². The van der Waals surface area contributed by atoms with E-state index in [1.54, 1.807) is 12.1 Å². The van der Waals surface area contributed by atoms with E-state index in [2.05, 4.69) is 9.71 Å². The number of nitrogens with one attached hydrogen (secondary N) is 1. The third-order valence-corrected chi connectivity index (χ3v) is 3.47. The third kappa shape index (κ3) is 2.83. The second-order valence-corrected chi connectivity index (χ2v) is 5.09. The molecule has 0 aliphatic rings. The van der Waals surface area contributed by atoms with E-state index in [0.717, 1.165) is 0 Å². The molecular weight excluding hydrogens is 242 g/mol. The summed E-state index contributed by atoms with van der Waals surface area (Å²) in [4.78, 5) is 3.79. The monoisotopic (exact) mass is 253 g/mol. The summed E-state index contributed by atoms with van der Waals surface area (Å²) in [5.41, 5.74) is 5.38. The molecule has 3 N–H and O–H groups in total. The molecule has 2 rings (SSSR count). The topological polar surface area (TPSA) is 98.2 Å². The molecule has 2 aromatic rings. The standard InChI is InChI=1S/C10H11N3O3S/c11-10-4-3-9(7-12-10)17(14,15)13-6-8-2-1-5-16-8/h1-5,7,13H,6H2,(H2,11,12). The number of pyridine rings is 1. The summed E-state index contributed by atoms with van der Waals surface area (Å²) in [6, 6.07) is 6.20. The van der Waals surface area contributed by atoms with Gasteiger partial charge in [-0.25, -0.2) is 18.1 Å². The zero-order chi connectivity index (χ0) is 12.3. The van der Waals surface area contributed by atoms with E-state index in [0.29, 0.717) is 5.76 Å². The van der Waals surface area contributed by atoms with Gasteiger partial charge in [0.15, 0.2) is 0 Å². The number of nitrogen functional groups attached to an aromatic ring is 1. The highest BCUT2D eigenvalue weighted by atomic mass is 32.2. The molecule has 0 amide bonds. The Morgan fingerprint density at radius 3 is 2.76 bits per heavy atom. The van der Waals surface area contributed by atoms with Crippen LogP contribution in [0.25, 0.3) is 0 Å². The Morgan fingerprint density at radius 2 is 2.18 bits per heavy atom. The predicted molar refractivity (Wildman–Crippen MR) is 61.4 cm³/mol. The fourth-order valence-corrected chi connectivity index (χ4v) is 2.15. The van der Waals surface area contributed by atoms with Crippen molar-refractivity contribution in [3.8, 4) is 0 Å². The molecule has 0 bridgehead atoms. The fourth-order valence-electron chi connectivity index (χ4n) is 1.21. The number of aromatic nitrogens is 1. The highest BCUT2D eigenvalue weighted by molar-refractivity contribution is 7.89. The van der Waals surface area contributed by atoms with Crippen molar-refractivity contribution in [2.45, 2.75) is 11.4 Å². The second-order valence-electron chi connectivity index (χ2n) is 3.32. The van der Waals surface area contributed by atoms with Crippen LogP contribution in [0.15, 0.2) is 46.0 Å². The fraction of sp³-hybridized carbons (Fsp3) is 0.100. The first-order valence-corrected chi connectivity index (χ1v) is 6.30. The van der Waals surface area contributed by atoms with Crippen LogP contribution >= 0.6 is 0 Å². The smallest absolute Gasteiger partial charge is 0.242 e. The quantitative estimate of drug-likeness (QED) is 0.837. The molecule has 17 heavy (non-hydrogen) atoms. The Bertz CT molecular complexity index is 576. The highest BCUT2D eigenvalue weighted by Crippen LogP contribution is 2.09. The summed E-state index contributed by atoms with van der Waals surface area (Å²) >= 11 is 0. The second kappa shape index (κ2) is 4.56. The minimum atomic E-state index is -3.58. The molecule has 7 heteroatoms. The molecule has 0 radical (unpaired) electrons. The van der Waals surface area contributed by atoms with E-state index in [9.17, 15) is 8.42 Å². The van der Waals surface area contributed by atoms with Gasteiger partial charge in [0.05, 0.1) is 12.8 Å². The van der Waals surface area contributed by atoms with Gasteiger partial charge in [-0.3, -0.25) is 0 Å². The predicted octanol–water partition coefficient (Wildman–Crippen LogP) is 0.735. The molecule has 0 atom stereocenters. The minimum absolute atomic E-state index is 0.0678. The number of hydrogen-bond acceptors (Lipinski definition) is 5. The Hall–Kier alpha value is -1.86. The van der Waals surface area contributed by atoms with Gasteiger partial charge in [-0.05, 0) is 24.3 Å². The van der Waals surface area contributed by atoms with Crippen LogP contribution in [-0.2, 0) is 16.6 Å². The van der Waals surface area contributed by atoms with Gasteiger partial charge in [-0.1, -0.05) is 0 Å². The molecule has 2 heterocycles. The maximum absolute atomic E-state index is 11.8. The van der Waals surface area contributed by atoms with Crippen LogP contribution in [0.3, 0.4) is 0 Å². The minimum Gasteiger partial charge on any atom is -0.468 e. The average Bonchev–Trinajstić information content (AvgIpc) is 2.80. The Labute approximate surface area is 98.5 Å². The molecule has 0 fully saturated rings. The zero-order valence-electron chi connectivity index (χ0n) is 8.83. The van der Waals surface area contributed by atoms with Crippen LogP contribution < -0.4 is 10.5 Å². The lowest BCUT2D eigenvalue weighted by atomic mass is 10.5. The number of anilines is 1. The lowest BCUT2D eigenvalue weighted by Gasteiger charge is -2.04. The molecular formula is C10H11N3O3S. The van der Waals surface area contributed by atoms with Crippen molar-refractivity contribution in [3.63, 3.8) is 0 Å². The maximum atomic E-state index is 11.8. The van der Waals surface area contributed by atoms with Gasteiger partial charge < -0.3 is 10.2 Å². The molecule has 0 saturated carbocycles. The maximum Gasteiger partial charge on any atom is 0.242 e. The molecule has 0 aromatic carbocycles. The summed E-state index contributed by atoms with van der Waals surface area (Å²) in [6.07, 6.45) is 2.69. The number of rotatable bonds is 4. The van der Waals surface area contributed by atoms with Gasteiger partial charge in [-0.15, -0.1) is 0 Å². The molecule has 2 aromatic heterocycles. The molecule has 6 nitrogen and oxygen atoms in total. The Balaban J connectivity index is 2.11. The van der Waals surface area contributed by atoms with E-state index < -0.39 is 10.0 Å². The van der Waals surface area contributed by atoms with Gasteiger partial charge in [0.2, 0.25) is 10.0 Å². The van der Waals surface area contributed by atoms with E-state index >= 15 is 0 Å². The summed E-state index contributed by atoms with van der Waals surface area (Å²) in [7, 11) is -3.58. The van der Waals surface area contributed by atoms with Crippen molar-refractivity contribution < 1.29 is 12.8 Å². The number of nitrogens with two attached hydrogens (primary N) is 1. The molecule has 0 spiro atoms. The van der Waals surface area contributed by atoms with Crippen LogP contribution in [0.4, 0.5) is 5.82 Å². The summed E-state index contributed by atoms with van der Waals surface area (Å²) in [5.74, 6) is 0.812. The summed E-state index contributed by atoms with van der Waals surface area (Å²) in [6.45, 7) is 0.0969. The molecule has 0 unspecified atom stereocenters. The van der Waals surface area contributed by atoms with Crippen LogP contribution in [0.1, 0.15) is 5.76 Å². The number of sulfonamides is 1. The number of nitrogens with zero attached hydrogens (tertiary/aromatic N) is 1. The summed E-state index contributed by atoms with van der Waals surface area (Å²) in [5, 5.41) is 0. The highest BCUT2D eigenvalue weighted by Gasteiger charge is 2.14. The van der Waals surface area contributed by atoms with Crippen LogP contribution in [0, 0.1) is 0 Å². The molecule has 0 aliphatic carbocycles. The van der Waals surface area contributed by atoms with Crippen molar-refractivity contribution in [2.75, 3.05) is 5.73 Å². The first kappa shape index (κ1) is 11.6. The third-order valence-electron chi connectivity index (χ3n) is 2.09. The number of hydrogen-bond donors (Lipinski definition) is 2. The van der Waals surface area contributed by atoms with Crippen molar-refractivity contribution in [2.24, 2.45) is 0 Å². The first-order chi connectivity index (χ1) is 8.08. The zero-order valence-corrected chi connectivity index (χ0v) is 9.65. The lowest BCUT2D eigenvalue weighted by molar-refractivity contribution is 0.498. The van der Waals surface area contributed by atoms with E-state index in [-0.39, 0.29) is 17.3 Å². The van der Waals surface area contributed by atoms with Crippen molar-refractivity contribution in [3.05, 3.63) is 42.5 Å². The van der Waals surface area contributed by atoms with E-state index in [1.165, 1.54) is 24.6 Å². The van der Waals surface area contributed by atoms with E-state index in [1.807, 2.05) is 0 Å². The van der Waals surface area contributed by atoms with Crippen molar-refractivity contribution >= 4 is 15.8 Å². The SMILES string of the molecule is Nc1ccc(S(=O)(=O)NCc2ccco2)cn1. The van der Waals surface area contributed by atoms with Crippen LogP contribution in [-0.4, -0.2) is 13.4 Å². The Kier molecular flexibility index (Phi) is 3.12. The summed E-state index contributed by atoms with van der Waals surface area (Å²) < 4.78 is 31.0. The van der Waals surface area contributed by atoms with Gasteiger partial charge in [-0.2, -0.15) is 0 Å². The molecule has 0 saturated heterocycles. The Morgan fingerprint density at radius 1 is 1.35 bits per heavy atom. The van der Waals surface area contributed by atoms with Crippen LogP contribution in [0.2, 0.25) is 0 Å². The van der Waals surface area contributed by atoms with Crippen molar-refractivity contribution in [1.82, 2.24) is 9.71 Å². The van der Waals surface area contributed by atoms with Gasteiger partial charge in [0.1, 0.15) is 16.5 Å². The molecule has 0 aliphatic heterocycles. The van der Waals surface area contributed by atoms with E-state index in [4.69, 9.17) is 10.2 Å². The average molecular weight is 253 g/mol.